The summed E-state index contributed by atoms with van der Waals surface area (Å²) in [6.07, 6.45) is 4.21. The summed E-state index contributed by atoms with van der Waals surface area (Å²) in [6, 6.07) is 21.0. The number of nitriles is 2. The van der Waals surface area contributed by atoms with Crippen molar-refractivity contribution in [3.05, 3.63) is 121 Å². The van der Waals surface area contributed by atoms with E-state index in [9.17, 15) is 39.3 Å². The second-order valence-electron chi connectivity index (χ2n) is 14.4. The molecule has 15 nitrogen and oxygen atoms in total. The molecule has 17 heteroatoms. The normalized spacial score (nSPS) is 18.5. The molecule has 1 spiro atoms. The predicted molar refractivity (Wildman–Crippen MR) is 218 cm³/mol. The number of rotatable bonds is 6. The highest BCUT2D eigenvalue weighted by Gasteiger charge is 2.47. The fraction of sp³-hybridized carbons (Fsp3) is 0.227. The first-order valence-electron chi connectivity index (χ1n) is 19.0. The zero-order valence-electron chi connectivity index (χ0n) is 32.6. The van der Waals surface area contributed by atoms with E-state index in [1.165, 1.54) is 37.3 Å². The van der Waals surface area contributed by atoms with Crippen molar-refractivity contribution in [3.8, 4) is 27.8 Å². The molecule has 6 amide bonds. The molecule has 1 fully saturated rings. The van der Waals surface area contributed by atoms with Crippen LogP contribution in [0.2, 0.25) is 0 Å². The number of amides is 6. The van der Waals surface area contributed by atoms with Crippen LogP contribution in [0.4, 0.5) is 9.59 Å². The predicted octanol–water partition coefficient (Wildman–Crippen LogP) is 7.68. The van der Waals surface area contributed by atoms with E-state index in [1.54, 1.807) is 60.7 Å². The van der Waals surface area contributed by atoms with E-state index < -0.39 is 52.6 Å². The molecule has 2 aromatic carbocycles. The van der Waals surface area contributed by atoms with E-state index in [2.05, 4.69) is 0 Å². The van der Waals surface area contributed by atoms with E-state index in [0.717, 1.165) is 30.6 Å². The Bertz CT molecular complexity index is 2780. The maximum absolute atomic E-state index is 13.9. The molecule has 1 aliphatic carbocycles. The van der Waals surface area contributed by atoms with Gasteiger partial charge in [-0.25, -0.2) is 19.6 Å². The Balaban J connectivity index is 1.15. The second-order valence-corrected chi connectivity index (χ2v) is 16.4. The molecule has 0 unspecified atom stereocenters. The summed E-state index contributed by atoms with van der Waals surface area (Å²) in [5.74, 6) is -3.89. The largest absolute Gasteiger partial charge is 0.463 e. The van der Waals surface area contributed by atoms with Crippen molar-refractivity contribution in [1.82, 2.24) is 19.8 Å². The molecule has 3 aliphatic heterocycles. The molecule has 8 rings (SSSR count). The number of carbonyl (C=O) groups excluding carboxylic acids is 6. The molecule has 5 heterocycles. The number of aromatic nitrogens is 2. The number of hydrogen-bond donors (Lipinski definition) is 0. The number of hydrogen-bond acceptors (Lipinski definition) is 15. The van der Waals surface area contributed by atoms with Crippen molar-refractivity contribution < 1.29 is 43.0 Å². The van der Waals surface area contributed by atoms with Gasteiger partial charge in [0, 0.05) is 11.1 Å². The van der Waals surface area contributed by atoms with Gasteiger partial charge < -0.3 is 14.2 Å². The summed E-state index contributed by atoms with van der Waals surface area (Å²) in [7, 11) is 0. The lowest BCUT2D eigenvalue weighted by Crippen LogP contribution is -2.46. The van der Waals surface area contributed by atoms with Crippen molar-refractivity contribution >= 4 is 70.6 Å². The quantitative estimate of drug-likeness (QED) is 0.135. The Morgan fingerprint density at radius 3 is 1.64 bits per heavy atom. The van der Waals surface area contributed by atoms with E-state index in [1.807, 2.05) is 12.1 Å². The van der Waals surface area contributed by atoms with Crippen LogP contribution in [0.5, 0.6) is 5.88 Å². The first-order valence-corrected chi connectivity index (χ1v) is 20.6. The monoisotopic (exact) mass is 852 g/mol. The Morgan fingerprint density at radius 2 is 1.16 bits per heavy atom. The molecule has 4 aliphatic rings. The lowest BCUT2D eigenvalue weighted by molar-refractivity contribution is -0.140. The van der Waals surface area contributed by atoms with Gasteiger partial charge in [-0.1, -0.05) is 67.1 Å². The lowest BCUT2D eigenvalue weighted by atomic mass is 9.80. The van der Waals surface area contributed by atoms with Gasteiger partial charge in [0.05, 0.1) is 4.88 Å². The van der Waals surface area contributed by atoms with Gasteiger partial charge in [0.1, 0.15) is 57.1 Å². The molecule has 0 radical (unpaired) electrons. The van der Waals surface area contributed by atoms with Crippen LogP contribution in [0.3, 0.4) is 0 Å². The average Bonchev–Trinajstić information content (AvgIpc) is 3.88. The number of carbonyl (C=O) groups is 6. The molecule has 0 bridgehead atoms. The first-order chi connectivity index (χ1) is 29.4. The van der Waals surface area contributed by atoms with Gasteiger partial charge >= 0.3 is 12.2 Å². The van der Waals surface area contributed by atoms with Crippen LogP contribution in [0, 0.1) is 22.7 Å². The summed E-state index contributed by atoms with van der Waals surface area (Å²) in [5.41, 5.74) is 0.0888. The molecule has 2 aromatic heterocycles. The van der Waals surface area contributed by atoms with Crippen molar-refractivity contribution in [3.63, 3.8) is 0 Å². The number of imide groups is 6. The van der Waals surface area contributed by atoms with Gasteiger partial charge in [0.25, 0.3) is 23.6 Å². The Kier molecular flexibility index (Phi) is 10.9. The highest BCUT2D eigenvalue weighted by Crippen LogP contribution is 2.55. The average molecular weight is 853 g/mol. The number of fused-ring (bicyclic) bond motifs is 4. The van der Waals surface area contributed by atoms with Crippen molar-refractivity contribution in [2.45, 2.75) is 64.8 Å². The third-order valence-electron chi connectivity index (χ3n) is 10.6. The molecule has 0 atom stereocenters. The Hall–Kier alpha value is -7.34. The van der Waals surface area contributed by atoms with Crippen molar-refractivity contribution in [1.29, 1.82) is 10.5 Å². The molecule has 1 saturated carbocycles. The summed E-state index contributed by atoms with van der Waals surface area (Å²) in [4.78, 5) is 92.2. The fourth-order valence-electron chi connectivity index (χ4n) is 7.46. The van der Waals surface area contributed by atoms with Crippen LogP contribution in [0.15, 0.2) is 94.1 Å². The van der Waals surface area contributed by atoms with E-state index in [-0.39, 0.29) is 46.4 Å². The van der Waals surface area contributed by atoms with Gasteiger partial charge in [0.2, 0.25) is 5.88 Å². The highest BCUT2D eigenvalue weighted by molar-refractivity contribution is 7.23. The molecule has 0 saturated heterocycles. The summed E-state index contributed by atoms with van der Waals surface area (Å²) in [5, 5.41) is 20.5. The SMILES string of the molecule is CC1=C(C#N)C(=O)N(C(=O)OCc2ccccc2)C(=O)/C1=C\c1nc2c(s1)-c1sc(/C=C3\C(=O)N(C(=O)OCc4ccccc4)C(=O)C(C#N)=C3C)nc1C1(CCCCC1)O2. The van der Waals surface area contributed by atoms with Crippen LogP contribution < -0.4 is 4.74 Å². The Morgan fingerprint density at radius 1 is 0.705 bits per heavy atom. The highest BCUT2D eigenvalue weighted by atomic mass is 32.1. The maximum Gasteiger partial charge on any atom is 0.424 e. The van der Waals surface area contributed by atoms with Crippen molar-refractivity contribution in [2.75, 3.05) is 0 Å². The number of thiazole rings is 2. The zero-order valence-corrected chi connectivity index (χ0v) is 34.2. The van der Waals surface area contributed by atoms with Crippen LogP contribution in [0.25, 0.3) is 21.9 Å². The van der Waals surface area contributed by atoms with Gasteiger partial charge in [-0.2, -0.15) is 20.3 Å². The molecule has 61 heavy (non-hydrogen) atoms. The van der Waals surface area contributed by atoms with E-state index in [0.29, 0.717) is 54.2 Å². The van der Waals surface area contributed by atoms with Gasteiger partial charge in [-0.3, -0.25) is 19.2 Å². The number of benzene rings is 2. The molecule has 0 N–H and O–H groups in total. The molecule has 304 valence electrons. The first kappa shape index (κ1) is 40.4. The molecule has 4 aromatic rings. The maximum atomic E-state index is 13.9. The third-order valence-corrected chi connectivity index (χ3v) is 12.8. The fourth-order valence-corrected chi connectivity index (χ4v) is 9.62. The zero-order chi connectivity index (χ0) is 43.0. The minimum Gasteiger partial charge on any atom is -0.463 e. The van der Waals surface area contributed by atoms with Crippen LogP contribution >= 0.6 is 22.7 Å². The number of nitrogens with zero attached hydrogens (tertiary/aromatic N) is 6. The lowest BCUT2D eigenvalue weighted by Gasteiger charge is -2.38. The minimum absolute atomic E-state index is 0.0589. The Labute approximate surface area is 356 Å². The van der Waals surface area contributed by atoms with Crippen LogP contribution in [-0.4, -0.2) is 55.6 Å². The summed E-state index contributed by atoms with van der Waals surface area (Å²) < 4.78 is 17.3. The summed E-state index contributed by atoms with van der Waals surface area (Å²) in [6.45, 7) is 2.47. The number of ether oxygens (including phenoxy) is 3. The molecular formula is C44H32N6O9S2. The van der Waals surface area contributed by atoms with Gasteiger partial charge in [-0.15, -0.1) is 22.7 Å². The van der Waals surface area contributed by atoms with Gasteiger partial charge in [-0.05, 0) is 74.0 Å². The van der Waals surface area contributed by atoms with Gasteiger partial charge in [0.15, 0.2) is 5.60 Å². The third kappa shape index (κ3) is 7.34. The summed E-state index contributed by atoms with van der Waals surface area (Å²) >= 11 is 2.36. The van der Waals surface area contributed by atoms with Crippen molar-refractivity contribution in [2.24, 2.45) is 0 Å². The topological polar surface area (TPSA) is 210 Å². The smallest absolute Gasteiger partial charge is 0.424 e. The molecular weight excluding hydrogens is 821 g/mol. The standard InChI is InChI=1S/C44H32N6O9S2/c1-24-28(38(51)49(40(53)30(24)20-45)42(55)57-22-26-12-6-3-7-13-26)18-32-47-36-34(60-32)35-37(59-44(36)16-10-5-11-17-44)48-33(61-35)19-29-25(2)31(21-46)41(54)50(39(29)52)43(56)58-23-27-14-8-4-9-15-27/h3-4,6-9,12-15,18-19H,5,10-11,16-17,22-23H2,1-2H3/b28-18-,29-19-. The minimum atomic E-state index is -1.23. The van der Waals surface area contributed by atoms with E-state index >= 15 is 0 Å². The van der Waals surface area contributed by atoms with Crippen LogP contribution in [0.1, 0.15) is 72.8 Å². The van der Waals surface area contributed by atoms with E-state index in [4.69, 9.17) is 24.2 Å². The van der Waals surface area contributed by atoms with Crippen LogP contribution in [-0.2, 0) is 47.5 Å². The second kappa shape index (κ2) is 16.4.